The molecule has 1 amide bonds. The zero-order valence-corrected chi connectivity index (χ0v) is 8.64. The molecular weight excluding hydrogens is 190 g/mol. The molecule has 0 aromatic rings. The first kappa shape index (κ1) is 10.8. The summed E-state index contributed by atoms with van der Waals surface area (Å²) in [5, 5.41) is 2.80. The summed E-state index contributed by atoms with van der Waals surface area (Å²) in [4.78, 5) is 11.5. The summed E-state index contributed by atoms with van der Waals surface area (Å²) >= 11 is 5.58. The Bertz CT molecular complexity index is 169. The van der Waals surface area contributed by atoms with Crippen LogP contribution in [0.25, 0.3) is 0 Å². The molecule has 2 unspecified atom stereocenters. The Labute approximate surface area is 83.8 Å². The monoisotopic (exact) mass is 205 g/mol. The van der Waals surface area contributed by atoms with E-state index in [1.165, 1.54) is 0 Å². The molecule has 1 N–H and O–H groups in total. The highest BCUT2D eigenvalue weighted by Gasteiger charge is 2.22. The molecule has 1 fully saturated rings. The van der Waals surface area contributed by atoms with E-state index in [2.05, 4.69) is 5.32 Å². The molecule has 0 aliphatic carbocycles. The van der Waals surface area contributed by atoms with Crippen LogP contribution in [0.15, 0.2) is 0 Å². The lowest BCUT2D eigenvalue weighted by Gasteiger charge is -2.23. The Morgan fingerprint density at radius 1 is 1.69 bits per heavy atom. The van der Waals surface area contributed by atoms with Crippen LogP contribution in [0.3, 0.4) is 0 Å². The average Bonchev–Trinajstić information content (AvgIpc) is 2.19. The lowest BCUT2D eigenvalue weighted by atomic mass is 10.1. The van der Waals surface area contributed by atoms with Crippen LogP contribution in [-0.2, 0) is 9.53 Å². The number of rotatable bonds is 3. The largest absolute Gasteiger partial charge is 0.368 e. The highest BCUT2D eigenvalue weighted by molar-refractivity contribution is 6.18. The van der Waals surface area contributed by atoms with Gasteiger partial charge in [0.1, 0.15) is 6.10 Å². The molecule has 1 saturated heterocycles. The van der Waals surface area contributed by atoms with Gasteiger partial charge >= 0.3 is 0 Å². The Hall–Kier alpha value is -0.280. The highest BCUT2D eigenvalue weighted by Crippen LogP contribution is 2.12. The summed E-state index contributed by atoms with van der Waals surface area (Å²) in [6.07, 6.45) is 2.72. The molecule has 1 heterocycles. The summed E-state index contributed by atoms with van der Waals surface area (Å²) < 4.78 is 5.33. The fraction of sp³-hybridized carbons (Fsp3) is 0.889. The van der Waals surface area contributed by atoms with Crippen molar-refractivity contribution >= 4 is 17.5 Å². The van der Waals surface area contributed by atoms with E-state index in [0.717, 1.165) is 19.3 Å². The standard InChI is InChI=1S/C9H16ClNO2/c1-7(6-10)11-9(12)8-4-2-3-5-13-8/h7-8H,2-6H2,1H3,(H,11,12). The first-order valence-electron chi connectivity index (χ1n) is 4.72. The maximum Gasteiger partial charge on any atom is 0.249 e. The molecule has 76 valence electrons. The van der Waals surface area contributed by atoms with Crippen molar-refractivity contribution in [1.82, 2.24) is 5.32 Å². The Kier molecular flexibility index (Phi) is 4.53. The van der Waals surface area contributed by atoms with Gasteiger partial charge in [-0.1, -0.05) is 0 Å². The molecule has 3 nitrogen and oxygen atoms in total. The molecule has 1 rings (SSSR count). The number of halogens is 1. The molecule has 1 aliphatic rings. The van der Waals surface area contributed by atoms with Gasteiger partial charge in [0, 0.05) is 18.5 Å². The summed E-state index contributed by atoms with van der Waals surface area (Å²) in [7, 11) is 0. The van der Waals surface area contributed by atoms with Gasteiger partial charge < -0.3 is 10.1 Å². The minimum atomic E-state index is -0.251. The van der Waals surface area contributed by atoms with Crippen LogP contribution in [0.4, 0.5) is 0 Å². The van der Waals surface area contributed by atoms with Gasteiger partial charge in [-0.3, -0.25) is 4.79 Å². The molecule has 0 aromatic carbocycles. The van der Waals surface area contributed by atoms with Crippen LogP contribution in [0.1, 0.15) is 26.2 Å². The number of ether oxygens (including phenoxy) is 1. The van der Waals surface area contributed by atoms with Crippen LogP contribution in [0, 0.1) is 0 Å². The van der Waals surface area contributed by atoms with Crippen LogP contribution in [0.2, 0.25) is 0 Å². The highest BCUT2D eigenvalue weighted by atomic mass is 35.5. The van der Waals surface area contributed by atoms with E-state index < -0.39 is 0 Å². The second kappa shape index (κ2) is 5.45. The third kappa shape index (κ3) is 3.53. The molecule has 0 aromatic heterocycles. The van der Waals surface area contributed by atoms with Gasteiger partial charge in [0.2, 0.25) is 5.91 Å². The fourth-order valence-corrected chi connectivity index (χ4v) is 1.40. The van der Waals surface area contributed by atoms with E-state index in [0.29, 0.717) is 12.5 Å². The van der Waals surface area contributed by atoms with Crippen LogP contribution < -0.4 is 5.32 Å². The second-order valence-electron chi connectivity index (χ2n) is 3.42. The van der Waals surface area contributed by atoms with Crippen molar-refractivity contribution in [3.8, 4) is 0 Å². The Morgan fingerprint density at radius 2 is 2.46 bits per heavy atom. The number of carbonyl (C=O) groups is 1. The number of alkyl halides is 1. The number of hydrogen-bond acceptors (Lipinski definition) is 2. The fourth-order valence-electron chi connectivity index (χ4n) is 1.32. The maximum atomic E-state index is 11.5. The van der Waals surface area contributed by atoms with E-state index in [4.69, 9.17) is 16.3 Å². The smallest absolute Gasteiger partial charge is 0.249 e. The van der Waals surface area contributed by atoms with Gasteiger partial charge in [-0.05, 0) is 26.2 Å². The molecule has 1 aliphatic heterocycles. The van der Waals surface area contributed by atoms with E-state index >= 15 is 0 Å². The average molecular weight is 206 g/mol. The zero-order valence-electron chi connectivity index (χ0n) is 7.88. The van der Waals surface area contributed by atoms with Crippen molar-refractivity contribution < 1.29 is 9.53 Å². The summed E-state index contributed by atoms with van der Waals surface area (Å²) in [6, 6.07) is 0.0275. The second-order valence-corrected chi connectivity index (χ2v) is 3.73. The molecule has 2 atom stereocenters. The molecule has 13 heavy (non-hydrogen) atoms. The summed E-state index contributed by atoms with van der Waals surface area (Å²) in [5.41, 5.74) is 0. The van der Waals surface area contributed by atoms with Crippen LogP contribution in [-0.4, -0.2) is 30.5 Å². The molecule has 0 radical (unpaired) electrons. The zero-order chi connectivity index (χ0) is 9.68. The first-order chi connectivity index (χ1) is 6.24. The SMILES string of the molecule is CC(CCl)NC(=O)C1CCCCO1. The lowest BCUT2D eigenvalue weighted by molar-refractivity contribution is -0.135. The Balaban J connectivity index is 2.29. The summed E-state index contributed by atoms with van der Waals surface area (Å²) in [5.74, 6) is 0.422. The van der Waals surface area contributed by atoms with Crippen molar-refractivity contribution in [1.29, 1.82) is 0 Å². The summed E-state index contributed by atoms with van der Waals surface area (Å²) in [6.45, 7) is 2.58. The number of carbonyl (C=O) groups excluding carboxylic acids is 1. The van der Waals surface area contributed by atoms with Gasteiger partial charge in [-0.15, -0.1) is 11.6 Å². The molecule has 4 heteroatoms. The first-order valence-corrected chi connectivity index (χ1v) is 5.25. The van der Waals surface area contributed by atoms with Crippen molar-refractivity contribution in [3.63, 3.8) is 0 Å². The van der Waals surface area contributed by atoms with Crippen LogP contribution >= 0.6 is 11.6 Å². The van der Waals surface area contributed by atoms with Gasteiger partial charge in [-0.25, -0.2) is 0 Å². The molecule has 0 spiro atoms. The minimum absolute atomic E-state index is 0.0205. The van der Waals surface area contributed by atoms with E-state index in [-0.39, 0.29) is 18.1 Å². The topological polar surface area (TPSA) is 38.3 Å². The predicted molar refractivity (Wildman–Crippen MR) is 51.9 cm³/mol. The van der Waals surface area contributed by atoms with Gasteiger partial charge in [0.05, 0.1) is 0 Å². The predicted octanol–water partition coefficient (Wildman–Crippen LogP) is 1.30. The Morgan fingerprint density at radius 3 is 3.00 bits per heavy atom. The number of nitrogens with one attached hydrogen (secondary N) is 1. The van der Waals surface area contributed by atoms with Crippen molar-refractivity contribution in [2.24, 2.45) is 0 Å². The van der Waals surface area contributed by atoms with Gasteiger partial charge in [-0.2, -0.15) is 0 Å². The third-order valence-corrected chi connectivity index (χ3v) is 2.56. The van der Waals surface area contributed by atoms with E-state index in [1.54, 1.807) is 0 Å². The van der Waals surface area contributed by atoms with Gasteiger partial charge in [0.15, 0.2) is 0 Å². The number of hydrogen-bond donors (Lipinski definition) is 1. The van der Waals surface area contributed by atoms with Crippen molar-refractivity contribution in [2.75, 3.05) is 12.5 Å². The quantitative estimate of drug-likeness (QED) is 0.706. The normalized spacial score (nSPS) is 25.2. The van der Waals surface area contributed by atoms with Gasteiger partial charge in [0.25, 0.3) is 0 Å². The molecular formula is C9H16ClNO2. The third-order valence-electron chi connectivity index (χ3n) is 2.09. The van der Waals surface area contributed by atoms with Crippen molar-refractivity contribution in [2.45, 2.75) is 38.3 Å². The van der Waals surface area contributed by atoms with E-state index in [9.17, 15) is 4.79 Å². The minimum Gasteiger partial charge on any atom is -0.368 e. The van der Waals surface area contributed by atoms with Crippen molar-refractivity contribution in [3.05, 3.63) is 0 Å². The number of amides is 1. The molecule has 0 saturated carbocycles. The lowest BCUT2D eigenvalue weighted by Crippen LogP contribution is -2.43. The van der Waals surface area contributed by atoms with E-state index in [1.807, 2.05) is 6.92 Å². The molecule has 0 bridgehead atoms. The maximum absolute atomic E-state index is 11.5. The van der Waals surface area contributed by atoms with Crippen LogP contribution in [0.5, 0.6) is 0 Å².